The molecule has 0 aromatic heterocycles. The minimum Gasteiger partial charge on any atom is -0.328 e. The van der Waals surface area contributed by atoms with E-state index in [-0.39, 0.29) is 0 Å². The van der Waals surface area contributed by atoms with Crippen molar-refractivity contribution in [3.8, 4) is 0 Å². The molecule has 2 aliphatic rings. The Kier molecular flexibility index (Phi) is 6.26. The molecule has 0 bridgehead atoms. The molecule has 0 heterocycles. The van der Waals surface area contributed by atoms with E-state index in [4.69, 9.17) is 11.5 Å². The summed E-state index contributed by atoms with van der Waals surface area (Å²) >= 11 is 0. The van der Waals surface area contributed by atoms with E-state index in [1.807, 2.05) is 0 Å². The second-order valence-corrected chi connectivity index (χ2v) is 5.42. The average Bonchev–Trinajstić information content (AvgIpc) is 2.25. The monoisotopic (exact) mass is 212 g/mol. The van der Waals surface area contributed by atoms with Gasteiger partial charge in [0, 0.05) is 12.1 Å². The molecule has 90 valence electrons. The van der Waals surface area contributed by atoms with E-state index in [2.05, 4.69) is 6.92 Å². The van der Waals surface area contributed by atoms with Crippen LogP contribution in [0.3, 0.4) is 0 Å². The second kappa shape index (κ2) is 7.24. The third-order valence-electron chi connectivity index (χ3n) is 3.71. The van der Waals surface area contributed by atoms with Gasteiger partial charge in [0.05, 0.1) is 0 Å². The summed E-state index contributed by atoms with van der Waals surface area (Å²) in [5.41, 5.74) is 11.3. The van der Waals surface area contributed by atoms with Crippen LogP contribution in [0.1, 0.15) is 64.7 Å². The minimum absolute atomic E-state index is 0.520. The summed E-state index contributed by atoms with van der Waals surface area (Å²) in [5, 5.41) is 0. The lowest BCUT2D eigenvalue weighted by atomic mass is 9.88. The van der Waals surface area contributed by atoms with Gasteiger partial charge in [-0.1, -0.05) is 26.2 Å². The number of hydrogen-bond acceptors (Lipinski definition) is 2. The van der Waals surface area contributed by atoms with E-state index in [0.717, 1.165) is 5.92 Å². The standard InChI is InChI=1S/C7H15N.C6H13N/c1-6-2-4-7(8)5-3-6;7-6-4-2-1-3-5-6/h6-7H,2-5,8H2,1H3;6H,1-5,7H2. The SMILES string of the molecule is CC1CCC(N)CC1.NC1CCCCC1. The lowest BCUT2D eigenvalue weighted by molar-refractivity contribution is 0.348. The zero-order valence-electron chi connectivity index (χ0n) is 10.3. The molecule has 4 N–H and O–H groups in total. The maximum absolute atomic E-state index is 5.70. The minimum atomic E-state index is 0.520. The van der Waals surface area contributed by atoms with Gasteiger partial charge in [0.25, 0.3) is 0 Å². The van der Waals surface area contributed by atoms with Crippen LogP contribution in [-0.4, -0.2) is 12.1 Å². The first kappa shape index (κ1) is 13.0. The Morgan fingerprint density at radius 1 is 0.667 bits per heavy atom. The predicted molar refractivity (Wildman–Crippen MR) is 66.7 cm³/mol. The molecule has 2 heteroatoms. The van der Waals surface area contributed by atoms with Gasteiger partial charge in [0.1, 0.15) is 0 Å². The maximum atomic E-state index is 5.70. The van der Waals surface area contributed by atoms with Gasteiger partial charge in [-0.05, 0) is 44.4 Å². The molecule has 0 radical (unpaired) electrons. The first-order valence-corrected chi connectivity index (χ1v) is 6.69. The van der Waals surface area contributed by atoms with Crippen molar-refractivity contribution in [3.05, 3.63) is 0 Å². The number of nitrogens with two attached hydrogens (primary N) is 2. The number of rotatable bonds is 0. The molecule has 2 fully saturated rings. The molecule has 0 aromatic carbocycles. The topological polar surface area (TPSA) is 52.0 Å². The van der Waals surface area contributed by atoms with Gasteiger partial charge in [-0.15, -0.1) is 0 Å². The van der Waals surface area contributed by atoms with Crippen molar-refractivity contribution in [3.63, 3.8) is 0 Å². The Labute approximate surface area is 94.8 Å². The van der Waals surface area contributed by atoms with Crippen molar-refractivity contribution in [1.82, 2.24) is 0 Å². The van der Waals surface area contributed by atoms with Crippen molar-refractivity contribution in [2.75, 3.05) is 0 Å². The maximum Gasteiger partial charge on any atom is 0.00390 e. The van der Waals surface area contributed by atoms with Gasteiger partial charge in [0.15, 0.2) is 0 Å². The van der Waals surface area contributed by atoms with E-state index in [1.54, 1.807) is 0 Å². The van der Waals surface area contributed by atoms with Crippen LogP contribution in [0, 0.1) is 5.92 Å². The molecule has 0 aliphatic heterocycles. The van der Waals surface area contributed by atoms with Crippen molar-refractivity contribution >= 4 is 0 Å². The molecule has 2 saturated carbocycles. The molecule has 0 amide bonds. The summed E-state index contributed by atoms with van der Waals surface area (Å²) in [6.45, 7) is 2.31. The zero-order valence-corrected chi connectivity index (χ0v) is 10.3. The Morgan fingerprint density at radius 2 is 1.13 bits per heavy atom. The van der Waals surface area contributed by atoms with Gasteiger partial charge >= 0.3 is 0 Å². The molecule has 0 atom stereocenters. The lowest BCUT2D eigenvalue weighted by Crippen LogP contribution is -2.25. The first-order chi connectivity index (χ1) is 7.18. The molecule has 0 spiro atoms. The van der Waals surface area contributed by atoms with E-state index in [1.165, 1.54) is 57.8 Å². The van der Waals surface area contributed by atoms with E-state index in [0.29, 0.717) is 12.1 Å². The molecule has 0 unspecified atom stereocenters. The van der Waals surface area contributed by atoms with Crippen molar-refractivity contribution < 1.29 is 0 Å². The molecule has 0 saturated heterocycles. The largest absolute Gasteiger partial charge is 0.328 e. The quantitative estimate of drug-likeness (QED) is 0.648. The van der Waals surface area contributed by atoms with Gasteiger partial charge in [-0.3, -0.25) is 0 Å². The van der Waals surface area contributed by atoms with Gasteiger partial charge in [-0.25, -0.2) is 0 Å². The smallest absolute Gasteiger partial charge is 0.00390 e. The number of hydrogen-bond donors (Lipinski definition) is 2. The normalized spacial score (nSPS) is 33.0. The molecule has 2 rings (SSSR count). The van der Waals surface area contributed by atoms with Crippen LogP contribution in [0.4, 0.5) is 0 Å². The summed E-state index contributed by atoms with van der Waals surface area (Å²) in [7, 11) is 0. The zero-order chi connectivity index (χ0) is 11.1. The van der Waals surface area contributed by atoms with Crippen LogP contribution in [-0.2, 0) is 0 Å². The molecular formula is C13H28N2. The Morgan fingerprint density at radius 3 is 1.47 bits per heavy atom. The molecule has 15 heavy (non-hydrogen) atoms. The lowest BCUT2D eigenvalue weighted by Gasteiger charge is -2.22. The van der Waals surface area contributed by atoms with E-state index < -0.39 is 0 Å². The van der Waals surface area contributed by atoms with Crippen LogP contribution in [0.25, 0.3) is 0 Å². The summed E-state index contributed by atoms with van der Waals surface area (Å²) < 4.78 is 0. The van der Waals surface area contributed by atoms with Crippen LogP contribution in [0.15, 0.2) is 0 Å². The highest BCUT2D eigenvalue weighted by molar-refractivity contribution is 4.71. The van der Waals surface area contributed by atoms with Crippen molar-refractivity contribution in [2.45, 2.75) is 76.8 Å². The first-order valence-electron chi connectivity index (χ1n) is 6.69. The van der Waals surface area contributed by atoms with Crippen LogP contribution in [0.2, 0.25) is 0 Å². The fourth-order valence-corrected chi connectivity index (χ4v) is 2.42. The summed E-state index contributed by atoms with van der Waals surface area (Å²) in [5.74, 6) is 0.940. The third-order valence-corrected chi connectivity index (χ3v) is 3.71. The van der Waals surface area contributed by atoms with E-state index in [9.17, 15) is 0 Å². The second-order valence-electron chi connectivity index (χ2n) is 5.42. The highest BCUT2D eigenvalue weighted by atomic mass is 14.6. The van der Waals surface area contributed by atoms with Crippen molar-refractivity contribution in [1.29, 1.82) is 0 Å². The van der Waals surface area contributed by atoms with Crippen LogP contribution in [0.5, 0.6) is 0 Å². The third kappa shape index (κ3) is 6.16. The molecule has 2 nitrogen and oxygen atoms in total. The van der Waals surface area contributed by atoms with Gasteiger partial charge in [-0.2, -0.15) is 0 Å². The fourth-order valence-electron chi connectivity index (χ4n) is 2.42. The van der Waals surface area contributed by atoms with Gasteiger partial charge < -0.3 is 11.5 Å². The molecule has 0 aromatic rings. The highest BCUT2D eigenvalue weighted by Crippen LogP contribution is 2.21. The van der Waals surface area contributed by atoms with Crippen LogP contribution >= 0.6 is 0 Å². The Bertz CT molecular complexity index is 135. The molecule has 2 aliphatic carbocycles. The summed E-state index contributed by atoms with van der Waals surface area (Å²) in [4.78, 5) is 0. The summed E-state index contributed by atoms with van der Waals surface area (Å²) in [6.07, 6.45) is 11.9. The average molecular weight is 212 g/mol. The van der Waals surface area contributed by atoms with Gasteiger partial charge in [0.2, 0.25) is 0 Å². The Hall–Kier alpha value is -0.0800. The fraction of sp³-hybridized carbons (Fsp3) is 1.00. The van der Waals surface area contributed by atoms with Crippen molar-refractivity contribution in [2.24, 2.45) is 17.4 Å². The summed E-state index contributed by atoms with van der Waals surface area (Å²) in [6, 6.07) is 1.06. The molecular weight excluding hydrogens is 184 g/mol. The van der Waals surface area contributed by atoms with E-state index >= 15 is 0 Å². The Balaban J connectivity index is 0.000000151. The van der Waals surface area contributed by atoms with Crippen LogP contribution < -0.4 is 11.5 Å². The highest BCUT2D eigenvalue weighted by Gasteiger charge is 2.13. The predicted octanol–water partition coefficient (Wildman–Crippen LogP) is 2.80.